The van der Waals surface area contributed by atoms with E-state index in [2.05, 4.69) is 0 Å². The second-order valence-electron chi connectivity index (χ2n) is 2.03. The van der Waals surface area contributed by atoms with Gasteiger partial charge in [0.1, 0.15) is 0 Å². The third-order valence-electron chi connectivity index (χ3n) is 1.15. The zero-order chi connectivity index (χ0) is 9.56. The predicted octanol–water partition coefficient (Wildman–Crippen LogP) is 0.341. The van der Waals surface area contributed by atoms with Gasteiger partial charge in [-0.1, -0.05) is 0 Å². The summed E-state index contributed by atoms with van der Waals surface area (Å²) >= 11 is 0. The molecule has 4 nitrogen and oxygen atoms in total. The molecule has 0 radical (unpaired) electrons. The van der Waals surface area contributed by atoms with E-state index in [4.69, 9.17) is 9.90 Å². The molecular formula is C8H8O4. The number of carbonyl (C=O) groups is 3. The van der Waals surface area contributed by atoms with Crippen LogP contribution in [-0.4, -0.2) is 23.1 Å². The maximum absolute atomic E-state index is 10.6. The highest BCUT2D eigenvalue weighted by molar-refractivity contribution is 6.16. The summed E-state index contributed by atoms with van der Waals surface area (Å²) in [6, 6.07) is 0. The Morgan fingerprint density at radius 2 is 1.83 bits per heavy atom. The summed E-state index contributed by atoms with van der Waals surface area (Å²) in [5.41, 5.74) is 0.516. The highest BCUT2D eigenvalue weighted by atomic mass is 16.3. The summed E-state index contributed by atoms with van der Waals surface area (Å²) in [5.74, 6) is -0.179. The minimum atomic E-state index is -0.250. The molecule has 0 bridgehead atoms. The van der Waals surface area contributed by atoms with Gasteiger partial charge < -0.3 is 5.11 Å². The number of rotatable bonds is 0. The molecule has 0 aliphatic heterocycles. The van der Waals surface area contributed by atoms with Gasteiger partial charge in [-0.25, -0.2) is 0 Å². The molecule has 12 heavy (non-hydrogen) atoms. The van der Waals surface area contributed by atoms with Crippen molar-refractivity contribution in [1.29, 1.82) is 0 Å². The van der Waals surface area contributed by atoms with Gasteiger partial charge in [0.2, 0.25) is 0 Å². The first-order chi connectivity index (χ1) is 5.61. The Balaban J connectivity index is 0.000000354. The standard InChI is InChI=1S/C7H6O2.CH2O2/c1-5-4-6(8)2-3-7(5)9;2-1-3/h2-4H,1H3;1H,(H,2,3). The van der Waals surface area contributed by atoms with E-state index in [0.29, 0.717) is 5.57 Å². The number of hydrogen-bond acceptors (Lipinski definition) is 3. The minimum absolute atomic E-state index is 0.0744. The third-order valence-corrected chi connectivity index (χ3v) is 1.15. The Labute approximate surface area is 69.2 Å². The molecule has 0 heterocycles. The van der Waals surface area contributed by atoms with Crippen LogP contribution in [0.4, 0.5) is 0 Å². The molecule has 0 aromatic heterocycles. The van der Waals surface area contributed by atoms with Crippen LogP contribution < -0.4 is 0 Å². The maximum Gasteiger partial charge on any atom is 0.290 e. The average molecular weight is 168 g/mol. The van der Waals surface area contributed by atoms with Crippen LogP contribution in [0.25, 0.3) is 0 Å². The van der Waals surface area contributed by atoms with Gasteiger partial charge in [-0.2, -0.15) is 0 Å². The molecule has 1 aliphatic rings. The van der Waals surface area contributed by atoms with Gasteiger partial charge in [-0.15, -0.1) is 0 Å². The number of carboxylic acid groups (broad SMARTS) is 1. The van der Waals surface area contributed by atoms with E-state index in [1.54, 1.807) is 6.92 Å². The largest absolute Gasteiger partial charge is 0.483 e. The van der Waals surface area contributed by atoms with Crippen LogP contribution in [0.5, 0.6) is 0 Å². The van der Waals surface area contributed by atoms with Crippen molar-refractivity contribution in [3.8, 4) is 0 Å². The summed E-state index contributed by atoms with van der Waals surface area (Å²) in [7, 11) is 0. The number of hydrogen-bond donors (Lipinski definition) is 1. The zero-order valence-electron chi connectivity index (χ0n) is 6.48. The molecule has 64 valence electrons. The Kier molecular flexibility index (Phi) is 4.30. The molecule has 0 aromatic carbocycles. The van der Waals surface area contributed by atoms with Crippen LogP contribution in [0.15, 0.2) is 23.8 Å². The van der Waals surface area contributed by atoms with Crippen LogP contribution in [0.1, 0.15) is 6.92 Å². The van der Waals surface area contributed by atoms with Crippen molar-refractivity contribution in [1.82, 2.24) is 0 Å². The normalized spacial score (nSPS) is 14.6. The smallest absolute Gasteiger partial charge is 0.290 e. The first-order valence-corrected chi connectivity index (χ1v) is 3.14. The van der Waals surface area contributed by atoms with Gasteiger partial charge >= 0.3 is 0 Å². The van der Waals surface area contributed by atoms with Crippen LogP contribution >= 0.6 is 0 Å². The van der Waals surface area contributed by atoms with Gasteiger partial charge in [-0.05, 0) is 25.2 Å². The number of allylic oxidation sites excluding steroid dienone is 4. The molecule has 0 atom stereocenters. The Morgan fingerprint density at radius 3 is 2.17 bits per heavy atom. The fraction of sp³-hybridized carbons (Fsp3) is 0.125. The van der Waals surface area contributed by atoms with Crippen LogP contribution in [-0.2, 0) is 14.4 Å². The van der Waals surface area contributed by atoms with Gasteiger partial charge in [0.15, 0.2) is 11.6 Å². The SMILES string of the molecule is CC1=CC(=O)C=CC1=O.O=CO. The van der Waals surface area contributed by atoms with E-state index in [0.717, 1.165) is 0 Å². The fourth-order valence-corrected chi connectivity index (χ4v) is 0.622. The second-order valence-corrected chi connectivity index (χ2v) is 2.03. The molecule has 0 fully saturated rings. The predicted molar refractivity (Wildman–Crippen MR) is 41.6 cm³/mol. The Morgan fingerprint density at radius 1 is 1.33 bits per heavy atom. The lowest BCUT2D eigenvalue weighted by Gasteiger charge is -1.96. The first kappa shape index (κ1) is 10.3. The van der Waals surface area contributed by atoms with Crippen LogP contribution in [0, 0.1) is 0 Å². The lowest BCUT2D eigenvalue weighted by molar-refractivity contribution is -0.123. The Hall–Kier alpha value is -1.71. The first-order valence-electron chi connectivity index (χ1n) is 3.14. The zero-order valence-corrected chi connectivity index (χ0v) is 6.48. The summed E-state index contributed by atoms with van der Waals surface area (Å²) in [4.78, 5) is 29.5. The quantitative estimate of drug-likeness (QED) is 0.418. The lowest BCUT2D eigenvalue weighted by atomic mass is 10.1. The van der Waals surface area contributed by atoms with Crippen molar-refractivity contribution in [3.05, 3.63) is 23.8 Å². The van der Waals surface area contributed by atoms with Crippen molar-refractivity contribution >= 4 is 18.0 Å². The van der Waals surface area contributed by atoms with Crippen molar-refractivity contribution < 1.29 is 19.5 Å². The molecule has 0 unspecified atom stereocenters. The van der Waals surface area contributed by atoms with Gasteiger partial charge in [0.05, 0.1) is 0 Å². The number of carbonyl (C=O) groups excluding carboxylic acids is 2. The topological polar surface area (TPSA) is 71.4 Å². The molecule has 1 rings (SSSR count). The fourth-order valence-electron chi connectivity index (χ4n) is 0.622. The lowest BCUT2D eigenvalue weighted by Crippen LogP contribution is -2.03. The van der Waals surface area contributed by atoms with Crippen LogP contribution in [0.2, 0.25) is 0 Å². The van der Waals surface area contributed by atoms with E-state index in [1.165, 1.54) is 18.2 Å². The van der Waals surface area contributed by atoms with Crippen molar-refractivity contribution in [2.75, 3.05) is 0 Å². The van der Waals surface area contributed by atoms with Crippen molar-refractivity contribution in [3.63, 3.8) is 0 Å². The molecule has 0 saturated carbocycles. The summed E-state index contributed by atoms with van der Waals surface area (Å²) in [6.45, 7) is 1.38. The van der Waals surface area contributed by atoms with E-state index < -0.39 is 0 Å². The molecule has 0 spiro atoms. The van der Waals surface area contributed by atoms with Gasteiger partial charge in [-0.3, -0.25) is 14.4 Å². The molecule has 4 heteroatoms. The van der Waals surface area contributed by atoms with Gasteiger partial charge in [0, 0.05) is 5.57 Å². The number of ketones is 2. The van der Waals surface area contributed by atoms with E-state index >= 15 is 0 Å². The Bertz CT molecular complexity index is 260. The van der Waals surface area contributed by atoms with Crippen molar-refractivity contribution in [2.24, 2.45) is 0 Å². The van der Waals surface area contributed by atoms with Crippen molar-refractivity contribution in [2.45, 2.75) is 6.92 Å². The maximum atomic E-state index is 10.6. The summed E-state index contributed by atoms with van der Waals surface area (Å²) < 4.78 is 0. The molecule has 1 N–H and O–H groups in total. The molecule has 1 aliphatic carbocycles. The third kappa shape index (κ3) is 3.46. The van der Waals surface area contributed by atoms with Crippen LogP contribution in [0.3, 0.4) is 0 Å². The summed E-state index contributed by atoms with van der Waals surface area (Å²) in [5, 5.41) is 6.89. The average Bonchev–Trinajstić information content (AvgIpc) is 1.99. The monoisotopic (exact) mass is 168 g/mol. The highest BCUT2D eigenvalue weighted by Gasteiger charge is 2.06. The molecule has 0 amide bonds. The van der Waals surface area contributed by atoms with E-state index in [-0.39, 0.29) is 18.0 Å². The van der Waals surface area contributed by atoms with E-state index in [1.807, 2.05) is 0 Å². The highest BCUT2D eigenvalue weighted by Crippen LogP contribution is 2.02. The molecular weight excluding hydrogens is 160 g/mol. The van der Waals surface area contributed by atoms with E-state index in [9.17, 15) is 9.59 Å². The minimum Gasteiger partial charge on any atom is -0.483 e. The second kappa shape index (κ2) is 5.01. The van der Waals surface area contributed by atoms with Gasteiger partial charge in [0.25, 0.3) is 6.47 Å². The summed E-state index contributed by atoms with van der Waals surface area (Å²) in [6.07, 6.45) is 3.90. The molecule has 0 aromatic rings. The molecule has 0 saturated heterocycles.